The second-order valence-electron chi connectivity index (χ2n) is 3.71. The molecule has 1 aliphatic rings. The first-order valence-corrected chi connectivity index (χ1v) is 7.05. The Labute approximate surface area is 97.5 Å². The van der Waals surface area contributed by atoms with E-state index in [-0.39, 0.29) is 0 Å². The maximum atomic E-state index is 12.2. The molecule has 1 saturated heterocycles. The fourth-order valence-corrected chi connectivity index (χ4v) is 3.36. The number of ether oxygens (including phenoxy) is 1. The molecule has 2 N–H and O–H groups in total. The molecule has 0 bridgehead atoms. The monoisotopic (exact) mass is 251 g/mol. The normalized spacial score (nSPS) is 19.2. The smallest absolute Gasteiger partial charge is 0.282 e. The largest absolute Gasteiger partial charge is 0.379 e. The maximum Gasteiger partial charge on any atom is 0.282 e. The molecule has 1 heterocycles. The fraction of sp³-hybridized carbons (Fsp3) is 1.00. The van der Waals surface area contributed by atoms with Crippen molar-refractivity contribution in [1.29, 1.82) is 0 Å². The summed E-state index contributed by atoms with van der Waals surface area (Å²) < 4.78 is 32.5. The number of hydrogen-bond acceptors (Lipinski definition) is 4. The van der Waals surface area contributed by atoms with E-state index in [2.05, 4.69) is 0 Å². The summed E-state index contributed by atoms with van der Waals surface area (Å²) in [6.45, 7) is 5.04. The van der Waals surface area contributed by atoms with Crippen LogP contribution < -0.4 is 5.73 Å². The number of morpholine rings is 1. The van der Waals surface area contributed by atoms with Crippen LogP contribution in [0.1, 0.15) is 13.3 Å². The van der Waals surface area contributed by atoms with Crippen LogP contribution in [0.4, 0.5) is 0 Å². The van der Waals surface area contributed by atoms with E-state index in [1.165, 1.54) is 8.61 Å². The summed E-state index contributed by atoms with van der Waals surface area (Å²) in [6.07, 6.45) is 0.795. The Morgan fingerprint density at radius 1 is 1.31 bits per heavy atom. The lowest BCUT2D eigenvalue weighted by Gasteiger charge is -2.31. The van der Waals surface area contributed by atoms with Crippen LogP contribution in [0, 0.1) is 0 Å². The summed E-state index contributed by atoms with van der Waals surface area (Å²) in [4.78, 5) is 0. The topological polar surface area (TPSA) is 75.9 Å². The van der Waals surface area contributed by atoms with Gasteiger partial charge in [-0.15, -0.1) is 0 Å². The highest BCUT2D eigenvalue weighted by atomic mass is 32.2. The van der Waals surface area contributed by atoms with Crippen molar-refractivity contribution in [3.05, 3.63) is 0 Å². The van der Waals surface area contributed by atoms with Gasteiger partial charge in [-0.3, -0.25) is 0 Å². The van der Waals surface area contributed by atoms with Gasteiger partial charge in [0.05, 0.1) is 13.2 Å². The third kappa shape index (κ3) is 3.39. The molecular formula is C9H21N3O3S. The van der Waals surface area contributed by atoms with Crippen LogP contribution >= 0.6 is 0 Å². The zero-order valence-electron chi connectivity index (χ0n) is 9.76. The van der Waals surface area contributed by atoms with E-state index in [1.54, 1.807) is 0 Å². The van der Waals surface area contributed by atoms with Crippen molar-refractivity contribution in [2.24, 2.45) is 5.73 Å². The number of hydrogen-bond donors (Lipinski definition) is 1. The SMILES string of the molecule is CCCN(CCN)S(=O)(=O)N1CCOCC1. The summed E-state index contributed by atoms with van der Waals surface area (Å²) in [5.74, 6) is 0. The average Bonchev–Trinajstić information content (AvgIpc) is 2.30. The molecule has 0 unspecified atom stereocenters. The van der Waals surface area contributed by atoms with Gasteiger partial charge in [-0.2, -0.15) is 17.0 Å². The van der Waals surface area contributed by atoms with Crippen LogP contribution in [0.5, 0.6) is 0 Å². The van der Waals surface area contributed by atoms with Gasteiger partial charge in [0, 0.05) is 32.7 Å². The number of rotatable bonds is 6. The van der Waals surface area contributed by atoms with Gasteiger partial charge >= 0.3 is 0 Å². The number of nitrogens with zero attached hydrogens (tertiary/aromatic N) is 2. The van der Waals surface area contributed by atoms with Crippen molar-refractivity contribution in [2.45, 2.75) is 13.3 Å². The molecule has 0 aliphatic carbocycles. The van der Waals surface area contributed by atoms with E-state index < -0.39 is 10.2 Å². The Morgan fingerprint density at radius 3 is 2.44 bits per heavy atom. The summed E-state index contributed by atoms with van der Waals surface area (Å²) in [6, 6.07) is 0. The molecule has 1 aliphatic heterocycles. The predicted molar refractivity (Wildman–Crippen MR) is 62.2 cm³/mol. The summed E-state index contributed by atoms with van der Waals surface area (Å²) in [7, 11) is -3.34. The van der Waals surface area contributed by atoms with Gasteiger partial charge in [0.25, 0.3) is 10.2 Å². The molecule has 0 aromatic rings. The standard InChI is InChI=1S/C9H21N3O3S/c1-2-4-11(5-3-10)16(13,14)12-6-8-15-9-7-12/h2-10H2,1H3. The Kier molecular flexibility index (Phi) is 5.63. The highest BCUT2D eigenvalue weighted by Gasteiger charge is 2.29. The molecule has 7 heteroatoms. The Morgan fingerprint density at radius 2 is 1.94 bits per heavy atom. The molecule has 0 spiro atoms. The lowest BCUT2D eigenvalue weighted by Crippen LogP contribution is -2.49. The molecule has 16 heavy (non-hydrogen) atoms. The van der Waals surface area contributed by atoms with Crippen LogP contribution in [-0.4, -0.2) is 63.0 Å². The maximum absolute atomic E-state index is 12.2. The van der Waals surface area contributed by atoms with Gasteiger partial charge in [0.2, 0.25) is 0 Å². The number of nitrogens with two attached hydrogens (primary N) is 1. The molecular weight excluding hydrogens is 230 g/mol. The quantitative estimate of drug-likeness (QED) is 0.673. The Hall–Kier alpha value is -0.210. The van der Waals surface area contributed by atoms with E-state index in [0.29, 0.717) is 45.9 Å². The van der Waals surface area contributed by atoms with Crippen molar-refractivity contribution in [1.82, 2.24) is 8.61 Å². The van der Waals surface area contributed by atoms with Gasteiger partial charge in [-0.1, -0.05) is 6.92 Å². The Balaban J connectivity index is 2.70. The van der Waals surface area contributed by atoms with E-state index >= 15 is 0 Å². The fourth-order valence-electron chi connectivity index (χ4n) is 1.68. The third-order valence-corrected chi connectivity index (χ3v) is 4.51. The molecule has 1 rings (SSSR count). The van der Waals surface area contributed by atoms with Crippen LogP contribution in [0.15, 0.2) is 0 Å². The molecule has 0 aromatic carbocycles. The first kappa shape index (κ1) is 13.9. The van der Waals surface area contributed by atoms with Crippen molar-refractivity contribution in [3.63, 3.8) is 0 Å². The summed E-state index contributed by atoms with van der Waals surface area (Å²) in [5, 5.41) is 0. The summed E-state index contributed by atoms with van der Waals surface area (Å²) >= 11 is 0. The van der Waals surface area contributed by atoms with Gasteiger partial charge in [-0.05, 0) is 6.42 Å². The van der Waals surface area contributed by atoms with Crippen LogP contribution in [-0.2, 0) is 14.9 Å². The zero-order chi connectivity index (χ0) is 12.0. The first-order chi connectivity index (χ1) is 7.62. The van der Waals surface area contributed by atoms with Gasteiger partial charge in [0.15, 0.2) is 0 Å². The molecule has 6 nitrogen and oxygen atoms in total. The minimum Gasteiger partial charge on any atom is -0.379 e. The second kappa shape index (κ2) is 6.51. The molecule has 0 amide bonds. The average molecular weight is 251 g/mol. The van der Waals surface area contributed by atoms with E-state index in [0.717, 1.165) is 6.42 Å². The summed E-state index contributed by atoms with van der Waals surface area (Å²) in [5.41, 5.74) is 5.44. The lowest BCUT2D eigenvalue weighted by atomic mass is 10.5. The lowest BCUT2D eigenvalue weighted by molar-refractivity contribution is 0.0702. The molecule has 0 aromatic heterocycles. The molecule has 1 fully saturated rings. The van der Waals surface area contributed by atoms with Crippen LogP contribution in [0.3, 0.4) is 0 Å². The highest BCUT2D eigenvalue weighted by molar-refractivity contribution is 7.86. The highest BCUT2D eigenvalue weighted by Crippen LogP contribution is 2.10. The molecule has 0 saturated carbocycles. The van der Waals surface area contributed by atoms with E-state index in [9.17, 15) is 8.42 Å². The molecule has 0 atom stereocenters. The molecule has 96 valence electrons. The first-order valence-electron chi connectivity index (χ1n) is 5.66. The van der Waals surface area contributed by atoms with E-state index in [4.69, 9.17) is 10.5 Å². The zero-order valence-corrected chi connectivity index (χ0v) is 10.6. The van der Waals surface area contributed by atoms with Crippen LogP contribution in [0.25, 0.3) is 0 Å². The van der Waals surface area contributed by atoms with Gasteiger partial charge in [-0.25, -0.2) is 0 Å². The third-order valence-electron chi connectivity index (χ3n) is 2.47. The Bertz CT molecular complexity index is 282. The molecule has 0 radical (unpaired) electrons. The second-order valence-corrected chi connectivity index (χ2v) is 5.64. The van der Waals surface area contributed by atoms with E-state index in [1.807, 2.05) is 6.92 Å². The van der Waals surface area contributed by atoms with Crippen molar-refractivity contribution < 1.29 is 13.2 Å². The van der Waals surface area contributed by atoms with Gasteiger partial charge in [0.1, 0.15) is 0 Å². The van der Waals surface area contributed by atoms with Crippen molar-refractivity contribution >= 4 is 10.2 Å². The minimum atomic E-state index is -3.34. The minimum absolute atomic E-state index is 0.351. The predicted octanol–water partition coefficient (Wildman–Crippen LogP) is -0.766. The van der Waals surface area contributed by atoms with Crippen molar-refractivity contribution in [2.75, 3.05) is 45.9 Å². The van der Waals surface area contributed by atoms with Crippen LogP contribution in [0.2, 0.25) is 0 Å². The van der Waals surface area contributed by atoms with Gasteiger partial charge < -0.3 is 10.5 Å². The van der Waals surface area contributed by atoms with Crippen molar-refractivity contribution in [3.8, 4) is 0 Å².